The highest BCUT2D eigenvalue weighted by atomic mass is 16.4. The molecular formula is C11H14N2O3. The van der Waals surface area contributed by atoms with Gasteiger partial charge < -0.3 is 16.6 Å². The molecule has 0 fully saturated rings. The van der Waals surface area contributed by atoms with Crippen molar-refractivity contribution in [2.75, 3.05) is 6.54 Å². The first kappa shape index (κ1) is 13.9. The number of aldehydes is 1. The Labute approximate surface area is 93.4 Å². The lowest BCUT2D eigenvalue weighted by Gasteiger charge is -1.95. The van der Waals surface area contributed by atoms with E-state index in [1.807, 2.05) is 0 Å². The average molecular weight is 222 g/mol. The van der Waals surface area contributed by atoms with Gasteiger partial charge in [-0.15, -0.1) is 0 Å². The highest BCUT2D eigenvalue weighted by molar-refractivity contribution is 5.96. The van der Waals surface area contributed by atoms with Crippen LogP contribution in [0.1, 0.15) is 20.7 Å². The van der Waals surface area contributed by atoms with Crippen molar-refractivity contribution in [1.29, 1.82) is 0 Å². The Kier molecular flexibility index (Phi) is 7.10. The van der Waals surface area contributed by atoms with Gasteiger partial charge >= 0.3 is 5.97 Å². The summed E-state index contributed by atoms with van der Waals surface area (Å²) in [5.41, 5.74) is 10.1. The van der Waals surface area contributed by atoms with Crippen LogP contribution >= 0.6 is 0 Å². The molecule has 0 radical (unpaired) electrons. The summed E-state index contributed by atoms with van der Waals surface area (Å²) < 4.78 is 0. The minimum Gasteiger partial charge on any atom is -0.478 e. The van der Waals surface area contributed by atoms with E-state index in [9.17, 15) is 9.59 Å². The molecule has 0 atom stereocenters. The minimum atomic E-state index is -1.08. The summed E-state index contributed by atoms with van der Waals surface area (Å²) in [6.07, 6.45) is 3.64. The number of hydrogen-bond acceptors (Lipinski definition) is 4. The molecule has 1 aromatic carbocycles. The molecule has 0 unspecified atom stereocenters. The molecule has 5 heteroatoms. The molecule has 0 aromatic heterocycles. The van der Waals surface area contributed by atoms with Gasteiger partial charge in [-0.25, -0.2) is 4.79 Å². The van der Waals surface area contributed by atoms with Crippen molar-refractivity contribution in [2.24, 2.45) is 11.5 Å². The third kappa shape index (κ3) is 4.92. The van der Waals surface area contributed by atoms with E-state index in [1.165, 1.54) is 18.3 Å². The van der Waals surface area contributed by atoms with E-state index < -0.39 is 5.97 Å². The van der Waals surface area contributed by atoms with Gasteiger partial charge in [0.25, 0.3) is 0 Å². The number of rotatable bonds is 3. The lowest BCUT2D eigenvalue weighted by atomic mass is 10.1. The molecule has 5 nitrogen and oxygen atoms in total. The van der Waals surface area contributed by atoms with Crippen molar-refractivity contribution in [3.8, 4) is 0 Å². The van der Waals surface area contributed by atoms with Crippen molar-refractivity contribution >= 4 is 12.3 Å². The molecule has 0 aliphatic carbocycles. The van der Waals surface area contributed by atoms with Crippen LogP contribution in [0.4, 0.5) is 0 Å². The van der Waals surface area contributed by atoms with Crippen molar-refractivity contribution in [3.63, 3.8) is 0 Å². The second kappa shape index (κ2) is 8.19. The first-order chi connectivity index (χ1) is 7.67. The van der Waals surface area contributed by atoms with Gasteiger partial charge in [0, 0.05) is 12.1 Å². The second-order valence-electron chi connectivity index (χ2n) is 2.67. The van der Waals surface area contributed by atoms with Crippen LogP contribution in [-0.4, -0.2) is 23.9 Å². The topological polar surface area (TPSA) is 106 Å². The van der Waals surface area contributed by atoms with Crippen LogP contribution in [0.25, 0.3) is 0 Å². The molecule has 1 rings (SSSR count). The number of carboxylic acids is 1. The third-order valence-corrected chi connectivity index (χ3v) is 1.59. The van der Waals surface area contributed by atoms with Gasteiger partial charge in [-0.05, 0) is 12.3 Å². The van der Waals surface area contributed by atoms with Gasteiger partial charge in [0.1, 0.15) is 0 Å². The molecular weight excluding hydrogens is 208 g/mol. The number of benzene rings is 1. The molecule has 0 spiro atoms. The van der Waals surface area contributed by atoms with Crippen LogP contribution < -0.4 is 11.5 Å². The predicted molar refractivity (Wildman–Crippen MR) is 61.2 cm³/mol. The van der Waals surface area contributed by atoms with E-state index in [-0.39, 0.29) is 11.1 Å². The molecule has 0 heterocycles. The number of carboxylic acid groups (broad SMARTS) is 1. The summed E-state index contributed by atoms with van der Waals surface area (Å²) in [5.74, 6) is -1.08. The van der Waals surface area contributed by atoms with E-state index in [0.717, 1.165) is 0 Å². The summed E-state index contributed by atoms with van der Waals surface area (Å²) >= 11 is 0. The van der Waals surface area contributed by atoms with Crippen LogP contribution in [0.15, 0.2) is 36.5 Å². The maximum atomic E-state index is 10.4. The minimum absolute atomic E-state index is 0.0440. The van der Waals surface area contributed by atoms with Gasteiger partial charge in [-0.1, -0.05) is 24.3 Å². The maximum Gasteiger partial charge on any atom is 0.336 e. The quantitative estimate of drug-likeness (QED) is 0.650. The summed E-state index contributed by atoms with van der Waals surface area (Å²) in [5, 5.41) is 8.54. The van der Waals surface area contributed by atoms with Crippen molar-refractivity contribution in [3.05, 3.63) is 47.7 Å². The Balaban J connectivity index is 0.000000385. The summed E-state index contributed by atoms with van der Waals surface area (Å²) in [4.78, 5) is 20.7. The molecule has 0 bridgehead atoms. The standard InChI is InChI=1S/C8H6O3.C3H8N2/c9-5-6-3-1-2-4-7(6)8(10)11;4-2-1-3-5/h1-5H,(H,10,11);1-2H,3-5H2. The van der Waals surface area contributed by atoms with Gasteiger partial charge in [-0.2, -0.15) is 0 Å². The van der Waals surface area contributed by atoms with Crippen LogP contribution in [0, 0.1) is 0 Å². The van der Waals surface area contributed by atoms with Crippen LogP contribution in [-0.2, 0) is 0 Å². The molecule has 0 aliphatic rings. The second-order valence-corrected chi connectivity index (χ2v) is 2.67. The molecule has 0 amide bonds. The summed E-state index contributed by atoms with van der Waals surface area (Å²) in [7, 11) is 0. The zero-order valence-electron chi connectivity index (χ0n) is 8.67. The van der Waals surface area contributed by atoms with Gasteiger partial charge in [-0.3, -0.25) is 4.79 Å². The molecule has 16 heavy (non-hydrogen) atoms. The van der Waals surface area contributed by atoms with E-state index in [1.54, 1.807) is 18.2 Å². The highest BCUT2D eigenvalue weighted by Crippen LogP contribution is 2.04. The van der Waals surface area contributed by atoms with Crippen LogP contribution in [0.3, 0.4) is 0 Å². The van der Waals surface area contributed by atoms with E-state index in [4.69, 9.17) is 16.6 Å². The maximum absolute atomic E-state index is 10.4. The van der Waals surface area contributed by atoms with Crippen LogP contribution in [0.2, 0.25) is 0 Å². The SMILES string of the molecule is NC=CCN.O=Cc1ccccc1C(=O)O. The lowest BCUT2D eigenvalue weighted by Crippen LogP contribution is -2.00. The van der Waals surface area contributed by atoms with Crippen molar-refractivity contribution < 1.29 is 14.7 Å². The number of carbonyl (C=O) groups excluding carboxylic acids is 1. The molecule has 86 valence electrons. The zero-order valence-corrected chi connectivity index (χ0v) is 8.67. The zero-order chi connectivity index (χ0) is 12.4. The summed E-state index contributed by atoms with van der Waals surface area (Å²) in [6, 6.07) is 6.06. The van der Waals surface area contributed by atoms with E-state index >= 15 is 0 Å². The van der Waals surface area contributed by atoms with E-state index in [2.05, 4.69) is 0 Å². The van der Waals surface area contributed by atoms with Crippen molar-refractivity contribution in [2.45, 2.75) is 0 Å². The predicted octanol–water partition coefficient (Wildman–Crippen LogP) is 0.615. The molecule has 0 aliphatic heterocycles. The first-order valence-electron chi connectivity index (χ1n) is 4.51. The van der Waals surface area contributed by atoms with Crippen LogP contribution in [0.5, 0.6) is 0 Å². The third-order valence-electron chi connectivity index (χ3n) is 1.59. The Morgan fingerprint density at radius 2 is 2.00 bits per heavy atom. The monoisotopic (exact) mass is 222 g/mol. The molecule has 0 saturated carbocycles. The normalized spacial score (nSPS) is 9.31. The fourth-order valence-corrected chi connectivity index (χ4v) is 0.873. The number of nitrogens with two attached hydrogens (primary N) is 2. The number of carbonyl (C=O) groups is 2. The first-order valence-corrected chi connectivity index (χ1v) is 4.51. The number of hydrogen-bond donors (Lipinski definition) is 3. The highest BCUT2D eigenvalue weighted by Gasteiger charge is 2.06. The molecule has 1 aromatic rings. The Morgan fingerprint density at radius 3 is 2.31 bits per heavy atom. The van der Waals surface area contributed by atoms with Gasteiger partial charge in [0.15, 0.2) is 6.29 Å². The largest absolute Gasteiger partial charge is 0.478 e. The van der Waals surface area contributed by atoms with E-state index in [0.29, 0.717) is 12.8 Å². The molecule has 0 saturated heterocycles. The average Bonchev–Trinajstić information content (AvgIpc) is 2.31. The Hall–Kier alpha value is -2.14. The van der Waals surface area contributed by atoms with Gasteiger partial charge in [0.2, 0.25) is 0 Å². The summed E-state index contributed by atoms with van der Waals surface area (Å²) in [6.45, 7) is 0.538. The van der Waals surface area contributed by atoms with Gasteiger partial charge in [0.05, 0.1) is 5.56 Å². The van der Waals surface area contributed by atoms with Crippen molar-refractivity contribution in [1.82, 2.24) is 0 Å². The lowest BCUT2D eigenvalue weighted by molar-refractivity contribution is 0.0694. The smallest absolute Gasteiger partial charge is 0.336 e. The Morgan fingerprint density at radius 1 is 1.38 bits per heavy atom. The Bertz CT molecular complexity index is 375. The fourth-order valence-electron chi connectivity index (χ4n) is 0.873. The number of aromatic carboxylic acids is 1. The molecule has 5 N–H and O–H groups in total. The fraction of sp³-hybridized carbons (Fsp3) is 0.0909.